The van der Waals surface area contributed by atoms with E-state index in [1.54, 1.807) is 34.6 Å². The second kappa shape index (κ2) is 9.49. The molecule has 0 radical (unpaired) electrons. The van der Waals surface area contributed by atoms with Crippen LogP contribution in [0.2, 0.25) is 0 Å². The van der Waals surface area contributed by atoms with Crippen molar-refractivity contribution in [3.05, 3.63) is 35.9 Å². The molecule has 8 nitrogen and oxygen atoms in total. The van der Waals surface area contributed by atoms with E-state index < -0.39 is 37.2 Å². The number of hydrogen-bond donors (Lipinski definition) is 2. The van der Waals surface area contributed by atoms with Gasteiger partial charge in [0, 0.05) is 12.0 Å². The third kappa shape index (κ3) is 7.64. The van der Waals surface area contributed by atoms with E-state index in [0.29, 0.717) is 0 Å². The predicted octanol–water partition coefficient (Wildman–Crippen LogP) is 3.16. The molecule has 1 fully saturated rings. The molecule has 1 aliphatic heterocycles. The summed E-state index contributed by atoms with van der Waals surface area (Å²) in [7, 11) is -3.65. The molecule has 1 unspecified atom stereocenters. The zero-order valence-electron chi connectivity index (χ0n) is 17.6. The first-order valence-corrected chi connectivity index (χ1v) is 11.0. The molecule has 1 amide bonds. The molecule has 1 aromatic carbocycles. The van der Waals surface area contributed by atoms with Crippen molar-refractivity contribution in [2.45, 2.75) is 59.4 Å². The molecule has 2 atom stereocenters. The summed E-state index contributed by atoms with van der Waals surface area (Å²) in [6, 6.07) is 9.28. The number of nitrogens with one attached hydrogen (secondary N) is 1. The molecule has 2 N–H and O–H groups in total. The quantitative estimate of drug-likeness (QED) is 0.508. The van der Waals surface area contributed by atoms with Crippen LogP contribution in [0.3, 0.4) is 0 Å². The van der Waals surface area contributed by atoms with Crippen LogP contribution in [0.5, 0.6) is 0 Å². The van der Waals surface area contributed by atoms with Gasteiger partial charge in [-0.3, -0.25) is 9.59 Å². The fraction of sp³-hybridized carbons (Fsp3) is 0.600. The molecule has 0 aromatic heterocycles. The summed E-state index contributed by atoms with van der Waals surface area (Å²) in [4.78, 5) is 35.1. The van der Waals surface area contributed by atoms with Crippen molar-refractivity contribution < 1.29 is 32.8 Å². The number of rotatable bonds is 7. The number of esters is 1. The summed E-state index contributed by atoms with van der Waals surface area (Å²) >= 11 is 0. The van der Waals surface area contributed by atoms with E-state index in [-0.39, 0.29) is 26.2 Å². The number of hydrogen-bond acceptors (Lipinski definition) is 7. The van der Waals surface area contributed by atoms with Crippen molar-refractivity contribution in [2.75, 3.05) is 13.2 Å². The molecule has 2 rings (SSSR count). The molecule has 0 spiro atoms. The molecule has 0 bridgehead atoms. The molecule has 29 heavy (non-hydrogen) atoms. The Morgan fingerprint density at radius 1 is 1.28 bits per heavy atom. The van der Waals surface area contributed by atoms with Gasteiger partial charge in [-0.15, -0.1) is 9.05 Å². The number of carbonyl (C=O) groups is 2. The van der Waals surface area contributed by atoms with E-state index in [0.717, 1.165) is 5.56 Å². The van der Waals surface area contributed by atoms with E-state index in [1.165, 1.54) is 0 Å². The molecule has 1 aromatic rings. The van der Waals surface area contributed by atoms with Crippen LogP contribution in [-0.4, -0.2) is 41.6 Å². The van der Waals surface area contributed by atoms with Crippen LogP contribution in [-0.2, 0) is 34.5 Å². The molecule has 1 heterocycles. The third-order valence-corrected chi connectivity index (χ3v) is 5.46. The zero-order chi connectivity index (χ0) is 21.7. The van der Waals surface area contributed by atoms with Gasteiger partial charge in [-0.25, -0.2) is 0 Å². The monoisotopic (exact) mass is 428 g/mol. The fourth-order valence-corrected chi connectivity index (χ4v) is 4.26. The number of benzene rings is 1. The second-order valence-corrected chi connectivity index (χ2v) is 10.3. The van der Waals surface area contributed by atoms with Crippen LogP contribution >= 0.6 is 8.17 Å². The summed E-state index contributed by atoms with van der Waals surface area (Å²) in [5, 5.41) is 2.67. The lowest BCUT2D eigenvalue weighted by molar-refractivity contribution is -0.154. The first-order valence-electron chi connectivity index (χ1n) is 9.53. The first kappa shape index (κ1) is 23.7. The van der Waals surface area contributed by atoms with Crippen molar-refractivity contribution in [1.29, 1.82) is 0 Å². The summed E-state index contributed by atoms with van der Waals surface area (Å²) in [6.07, 6.45) is -0.944. The molecule has 9 heteroatoms. The SMILES string of the molecule is CC(C)(C)OC(=O)CCNC(=O)[C@@H]1O[P+](O)(OCc2ccccc2)OCC1(C)C. The van der Waals surface area contributed by atoms with E-state index in [4.69, 9.17) is 18.3 Å². The summed E-state index contributed by atoms with van der Waals surface area (Å²) in [5.74, 6) is -0.844. The van der Waals surface area contributed by atoms with Crippen molar-refractivity contribution >= 4 is 20.0 Å². The fourth-order valence-electron chi connectivity index (χ4n) is 2.60. The molecular weight excluding hydrogens is 397 g/mol. The van der Waals surface area contributed by atoms with Crippen LogP contribution in [0, 0.1) is 5.41 Å². The van der Waals surface area contributed by atoms with E-state index in [2.05, 4.69) is 5.32 Å². The van der Waals surface area contributed by atoms with Crippen molar-refractivity contribution in [2.24, 2.45) is 5.41 Å². The highest BCUT2D eigenvalue weighted by Gasteiger charge is 2.59. The van der Waals surface area contributed by atoms with Gasteiger partial charge in [0.2, 0.25) is 0 Å². The Bertz CT molecular complexity index is 705. The van der Waals surface area contributed by atoms with Gasteiger partial charge in [-0.1, -0.05) is 44.2 Å². The molecule has 1 saturated heterocycles. The average Bonchev–Trinajstić information content (AvgIpc) is 2.62. The minimum absolute atomic E-state index is 0.0383. The van der Waals surface area contributed by atoms with Gasteiger partial charge >= 0.3 is 14.1 Å². The van der Waals surface area contributed by atoms with E-state index in [9.17, 15) is 14.5 Å². The van der Waals surface area contributed by atoms with Crippen LogP contribution in [0.4, 0.5) is 0 Å². The molecule has 0 aliphatic carbocycles. The summed E-state index contributed by atoms with van der Waals surface area (Å²) in [5.41, 5.74) is -0.418. The Morgan fingerprint density at radius 3 is 2.55 bits per heavy atom. The number of amides is 1. The third-order valence-electron chi connectivity index (χ3n) is 4.07. The highest BCUT2D eigenvalue weighted by molar-refractivity contribution is 7.55. The highest BCUT2D eigenvalue weighted by atomic mass is 31.2. The molecule has 162 valence electrons. The maximum Gasteiger partial charge on any atom is 0.573 e. The lowest BCUT2D eigenvalue weighted by atomic mass is 9.87. The molecule has 0 saturated carbocycles. The zero-order valence-corrected chi connectivity index (χ0v) is 18.5. The lowest BCUT2D eigenvalue weighted by Crippen LogP contribution is -2.50. The maximum absolute atomic E-state index is 12.6. The van der Waals surface area contributed by atoms with Crippen molar-refractivity contribution in [1.82, 2.24) is 5.32 Å². The lowest BCUT2D eigenvalue weighted by Gasteiger charge is -2.36. The average molecular weight is 428 g/mol. The Hall–Kier alpha value is -1.57. The van der Waals surface area contributed by atoms with Gasteiger partial charge in [-0.05, 0) is 26.3 Å². The summed E-state index contributed by atoms with van der Waals surface area (Å²) in [6.45, 7) is 9.23. The van der Waals surface area contributed by atoms with Crippen molar-refractivity contribution in [3.8, 4) is 0 Å². The van der Waals surface area contributed by atoms with Crippen LogP contribution in [0.25, 0.3) is 0 Å². The maximum atomic E-state index is 12.6. The standard InChI is InChI=1S/C20H30NO7P/c1-19(2,3)27-16(22)11-12-21-18(23)17-20(4,5)14-26-29(24,28-17)25-13-15-9-7-6-8-10-15/h6-10,17,24H,11-14H2,1-5H3/p+1/t17-,29?/m0/s1. The Kier molecular flexibility index (Phi) is 7.76. The second-order valence-electron chi connectivity index (χ2n) is 8.60. The van der Waals surface area contributed by atoms with Crippen LogP contribution in [0.15, 0.2) is 30.3 Å². The smallest absolute Gasteiger partial charge is 0.460 e. The van der Waals surface area contributed by atoms with E-state index in [1.807, 2.05) is 30.3 Å². The normalized spacial score (nSPS) is 24.0. The Balaban J connectivity index is 1.91. The topological polar surface area (TPSA) is 103 Å². The molecular formula is C20H31NO7P+. The predicted molar refractivity (Wildman–Crippen MR) is 108 cm³/mol. The van der Waals surface area contributed by atoms with Gasteiger partial charge < -0.3 is 10.1 Å². The van der Waals surface area contributed by atoms with Crippen molar-refractivity contribution in [3.63, 3.8) is 0 Å². The van der Waals surface area contributed by atoms with Gasteiger partial charge in [0.1, 0.15) is 18.8 Å². The van der Waals surface area contributed by atoms with E-state index >= 15 is 0 Å². The minimum Gasteiger partial charge on any atom is -0.460 e. The Labute approximate surface area is 172 Å². The van der Waals surface area contributed by atoms with Gasteiger partial charge in [0.25, 0.3) is 5.91 Å². The van der Waals surface area contributed by atoms with Crippen LogP contribution < -0.4 is 5.32 Å². The minimum atomic E-state index is -3.65. The van der Waals surface area contributed by atoms with Gasteiger partial charge in [0.05, 0.1) is 6.42 Å². The van der Waals surface area contributed by atoms with Gasteiger partial charge in [-0.2, -0.15) is 9.42 Å². The number of ether oxygens (including phenoxy) is 1. The molecule has 1 aliphatic rings. The first-order chi connectivity index (χ1) is 13.4. The highest BCUT2D eigenvalue weighted by Crippen LogP contribution is 2.64. The number of carbonyl (C=O) groups excluding carboxylic acids is 2. The van der Waals surface area contributed by atoms with Gasteiger partial charge in [0.15, 0.2) is 6.10 Å². The Morgan fingerprint density at radius 2 is 1.93 bits per heavy atom. The van der Waals surface area contributed by atoms with Crippen LogP contribution in [0.1, 0.15) is 46.6 Å². The summed E-state index contributed by atoms with van der Waals surface area (Å²) < 4.78 is 21.8. The largest absolute Gasteiger partial charge is 0.573 e.